The van der Waals surface area contributed by atoms with Gasteiger partial charge in [-0.25, -0.2) is 0 Å². The van der Waals surface area contributed by atoms with Crippen molar-refractivity contribution in [3.63, 3.8) is 0 Å². The lowest BCUT2D eigenvalue weighted by molar-refractivity contribution is 1.24. The van der Waals surface area contributed by atoms with Crippen molar-refractivity contribution in [2.45, 2.75) is 6.42 Å². The van der Waals surface area contributed by atoms with Crippen LogP contribution >= 0.6 is 15.9 Å². The Morgan fingerprint density at radius 3 is 2.09 bits per heavy atom. The summed E-state index contributed by atoms with van der Waals surface area (Å²) in [5.74, 6) is 0. The minimum absolute atomic E-state index is 0.780. The van der Waals surface area contributed by atoms with Gasteiger partial charge in [-0.15, -0.1) is 0 Å². The Morgan fingerprint density at radius 1 is 0.783 bits per heavy atom. The molecule has 0 atom stereocenters. The number of rotatable bonds is 5. The molecule has 0 fully saturated rings. The summed E-state index contributed by atoms with van der Waals surface area (Å²) < 4.78 is 0.996. The summed E-state index contributed by atoms with van der Waals surface area (Å²) in [6, 6.07) is 28.6. The molecule has 0 saturated heterocycles. The fourth-order valence-electron chi connectivity index (χ4n) is 2.31. The monoisotopic (exact) mass is 364 g/mol. The van der Waals surface area contributed by atoms with E-state index in [1.165, 1.54) is 5.56 Å². The lowest BCUT2D eigenvalue weighted by Crippen LogP contribution is -2.08. The highest BCUT2D eigenvalue weighted by molar-refractivity contribution is 9.10. The first-order valence-electron chi connectivity index (χ1n) is 7.49. The molecule has 3 aromatic rings. The van der Waals surface area contributed by atoms with E-state index in [1.807, 2.05) is 48.5 Å². The second kappa shape index (κ2) is 7.75. The molecule has 0 aliphatic carbocycles. The molecule has 3 aromatic carbocycles. The van der Waals surface area contributed by atoms with E-state index in [4.69, 9.17) is 0 Å². The standard InChI is InChI=1S/C20H17BrN2/c21-18-13-7-8-14-19(18)22-23-20(17-11-5-2-6-12-17)15-16-9-3-1-4-10-16/h1-14,22H,15H2. The molecule has 0 amide bonds. The van der Waals surface area contributed by atoms with Crippen LogP contribution in [0.4, 0.5) is 5.69 Å². The van der Waals surface area contributed by atoms with Gasteiger partial charge in [0, 0.05) is 10.9 Å². The summed E-state index contributed by atoms with van der Waals surface area (Å²) in [4.78, 5) is 0. The van der Waals surface area contributed by atoms with E-state index in [9.17, 15) is 0 Å². The molecule has 3 rings (SSSR count). The van der Waals surface area contributed by atoms with Crippen molar-refractivity contribution >= 4 is 27.3 Å². The van der Waals surface area contributed by atoms with Crippen molar-refractivity contribution in [3.8, 4) is 0 Å². The van der Waals surface area contributed by atoms with E-state index in [0.717, 1.165) is 27.9 Å². The number of halogens is 1. The zero-order valence-electron chi connectivity index (χ0n) is 12.6. The van der Waals surface area contributed by atoms with Crippen molar-refractivity contribution in [2.75, 3.05) is 5.43 Å². The number of anilines is 1. The van der Waals surface area contributed by atoms with Crippen LogP contribution in [0, 0.1) is 0 Å². The van der Waals surface area contributed by atoms with Crippen LogP contribution in [-0.2, 0) is 6.42 Å². The van der Waals surface area contributed by atoms with Crippen molar-refractivity contribution in [1.29, 1.82) is 0 Å². The van der Waals surface area contributed by atoms with Crippen molar-refractivity contribution in [3.05, 3.63) is 101 Å². The maximum atomic E-state index is 4.66. The molecular formula is C20H17BrN2. The molecule has 0 spiro atoms. The van der Waals surface area contributed by atoms with Crippen LogP contribution in [0.25, 0.3) is 0 Å². The van der Waals surface area contributed by atoms with Gasteiger partial charge in [0.15, 0.2) is 0 Å². The van der Waals surface area contributed by atoms with Crippen LogP contribution in [0.15, 0.2) is 94.5 Å². The average molecular weight is 365 g/mol. The van der Waals surface area contributed by atoms with E-state index in [1.54, 1.807) is 0 Å². The molecule has 0 heterocycles. The Kier molecular flexibility index (Phi) is 5.22. The molecule has 114 valence electrons. The normalized spacial score (nSPS) is 11.3. The molecule has 23 heavy (non-hydrogen) atoms. The Morgan fingerprint density at radius 2 is 1.39 bits per heavy atom. The first-order chi connectivity index (χ1) is 11.3. The summed E-state index contributed by atoms with van der Waals surface area (Å²) in [5.41, 5.74) is 7.49. The smallest absolute Gasteiger partial charge is 0.0723 e. The molecule has 3 heteroatoms. The molecule has 0 aromatic heterocycles. The molecule has 0 aliphatic rings. The zero-order chi connectivity index (χ0) is 15.9. The highest BCUT2D eigenvalue weighted by atomic mass is 79.9. The fraction of sp³-hybridized carbons (Fsp3) is 0.0500. The van der Waals surface area contributed by atoms with Crippen molar-refractivity contribution in [1.82, 2.24) is 0 Å². The Labute approximate surface area is 145 Å². The topological polar surface area (TPSA) is 24.4 Å². The van der Waals surface area contributed by atoms with E-state index < -0.39 is 0 Å². The van der Waals surface area contributed by atoms with E-state index in [2.05, 4.69) is 62.9 Å². The quantitative estimate of drug-likeness (QED) is 0.468. The van der Waals surface area contributed by atoms with Gasteiger partial charge in [0.1, 0.15) is 0 Å². The summed E-state index contributed by atoms with van der Waals surface area (Å²) >= 11 is 3.54. The maximum Gasteiger partial charge on any atom is 0.0723 e. The molecule has 1 N–H and O–H groups in total. The molecule has 0 unspecified atom stereocenters. The van der Waals surface area contributed by atoms with E-state index >= 15 is 0 Å². The average Bonchev–Trinajstić information content (AvgIpc) is 2.61. The van der Waals surface area contributed by atoms with Crippen LogP contribution in [0.1, 0.15) is 11.1 Å². The molecule has 0 aliphatic heterocycles. The first kappa shape index (κ1) is 15.5. The third-order valence-electron chi connectivity index (χ3n) is 3.51. The van der Waals surface area contributed by atoms with E-state index in [0.29, 0.717) is 0 Å². The number of hydrogen-bond acceptors (Lipinski definition) is 2. The lowest BCUT2D eigenvalue weighted by atomic mass is 10.0. The zero-order valence-corrected chi connectivity index (χ0v) is 14.2. The van der Waals surface area contributed by atoms with E-state index in [-0.39, 0.29) is 0 Å². The van der Waals surface area contributed by atoms with Gasteiger partial charge in [0.05, 0.1) is 11.4 Å². The number of nitrogens with zero attached hydrogens (tertiary/aromatic N) is 1. The third-order valence-corrected chi connectivity index (χ3v) is 4.20. The lowest BCUT2D eigenvalue weighted by Gasteiger charge is -2.09. The second-order valence-corrected chi connectivity index (χ2v) is 6.03. The molecule has 0 saturated carbocycles. The van der Waals surface area contributed by atoms with Gasteiger partial charge in [0.2, 0.25) is 0 Å². The molecule has 0 radical (unpaired) electrons. The predicted octanol–water partition coefficient (Wildman–Crippen LogP) is 5.51. The number of hydrogen-bond donors (Lipinski definition) is 1. The highest BCUT2D eigenvalue weighted by Gasteiger charge is 2.05. The minimum Gasteiger partial charge on any atom is -0.277 e. The SMILES string of the molecule is Brc1ccccc1NN=C(Cc1ccccc1)c1ccccc1. The minimum atomic E-state index is 0.780. The van der Waals surface area contributed by atoms with Gasteiger partial charge >= 0.3 is 0 Å². The van der Waals surface area contributed by atoms with Crippen LogP contribution in [-0.4, -0.2) is 5.71 Å². The molecule has 0 bridgehead atoms. The number of nitrogens with one attached hydrogen (secondary N) is 1. The molecule has 2 nitrogen and oxygen atoms in total. The van der Waals surface area contributed by atoms with Crippen LogP contribution < -0.4 is 5.43 Å². The fourth-order valence-corrected chi connectivity index (χ4v) is 2.68. The Hall–Kier alpha value is -2.39. The summed E-state index contributed by atoms with van der Waals surface area (Å²) in [7, 11) is 0. The van der Waals surface area contributed by atoms with Crippen molar-refractivity contribution < 1.29 is 0 Å². The van der Waals surface area contributed by atoms with Crippen LogP contribution in [0.3, 0.4) is 0 Å². The van der Waals surface area contributed by atoms with Gasteiger partial charge in [-0.05, 0) is 39.2 Å². The summed E-state index contributed by atoms with van der Waals surface area (Å²) in [6.07, 6.45) is 0.780. The number of benzene rings is 3. The van der Waals surface area contributed by atoms with Gasteiger partial charge in [-0.3, -0.25) is 5.43 Å². The molecular weight excluding hydrogens is 348 g/mol. The van der Waals surface area contributed by atoms with Crippen LogP contribution in [0.2, 0.25) is 0 Å². The van der Waals surface area contributed by atoms with Gasteiger partial charge < -0.3 is 0 Å². The number of para-hydroxylation sites is 1. The van der Waals surface area contributed by atoms with Crippen LogP contribution in [0.5, 0.6) is 0 Å². The first-order valence-corrected chi connectivity index (χ1v) is 8.29. The number of hydrazone groups is 1. The largest absolute Gasteiger partial charge is 0.277 e. The summed E-state index contributed by atoms with van der Waals surface area (Å²) in [5, 5.41) is 4.66. The van der Waals surface area contributed by atoms with Crippen molar-refractivity contribution in [2.24, 2.45) is 5.10 Å². The Bertz CT molecular complexity index is 783. The predicted molar refractivity (Wildman–Crippen MR) is 101 cm³/mol. The third kappa shape index (κ3) is 4.30. The highest BCUT2D eigenvalue weighted by Crippen LogP contribution is 2.21. The maximum absolute atomic E-state index is 4.66. The van der Waals surface area contributed by atoms with Gasteiger partial charge in [-0.2, -0.15) is 5.10 Å². The Balaban J connectivity index is 1.89. The summed E-state index contributed by atoms with van der Waals surface area (Å²) in [6.45, 7) is 0. The second-order valence-electron chi connectivity index (χ2n) is 5.18. The van der Waals surface area contributed by atoms with Gasteiger partial charge in [-0.1, -0.05) is 72.8 Å². The van der Waals surface area contributed by atoms with Gasteiger partial charge in [0.25, 0.3) is 0 Å².